The second kappa shape index (κ2) is 7.53. The summed E-state index contributed by atoms with van der Waals surface area (Å²) in [7, 11) is -1.30. The molecular formula is C20H26N2O6S. The fourth-order valence-corrected chi connectivity index (χ4v) is 6.69. The molecule has 0 bridgehead atoms. The van der Waals surface area contributed by atoms with Gasteiger partial charge in [0, 0.05) is 18.0 Å². The summed E-state index contributed by atoms with van der Waals surface area (Å²) in [5, 5.41) is 9.89. The molecule has 0 aliphatic carbocycles. The highest BCUT2D eigenvalue weighted by Crippen LogP contribution is 2.41. The van der Waals surface area contributed by atoms with Crippen molar-refractivity contribution in [3.05, 3.63) is 23.9 Å². The van der Waals surface area contributed by atoms with Gasteiger partial charge in [-0.15, -0.1) is 0 Å². The largest absolute Gasteiger partial charge is 0.493 e. The Morgan fingerprint density at radius 2 is 1.97 bits per heavy atom. The van der Waals surface area contributed by atoms with Gasteiger partial charge in [0.25, 0.3) is 0 Å². The quantitative estimate of drug-likeness (QED) is 0.734. The van der Waals surface area contributed by atoms with Gasteiger partial charge in [0.1, 0.15) is 12.3 Å². The second-order valence-corrected chi connectivity index (χ2v) is 10.3. The number of ether oxygens (including phenoxy) is 2. The zero-order valence-electron chi connectivity index (χ0n) is 16.4. The maximum absolute atomic E-state index is 11.8. The summed E-state index contributed by atoms with van der Waals surface area (Å²) in [6, 6.07) is 5.09. The lowest BCUT2D eigenvalue weighted by atomic mass is 9.78. The number of aromatic carboxylic acids is 1. The van der Waals surface area contributed by atoms with E-state index in [-0.39, 0.29) is 11.1 Å². The van der Waals surface area contributed by atoms with E-state index >= 15 is 0 Å². The number of hydrogen-bond donors (Lipinski definition) is 2. The van der Waals surface area contributed by atoms with Crippen molar-refractivity contribution < 1.29 is 27.8 Å². The van der Waals surface area contributed by atoms with Crippen molar-refractivity contribution in [2.75, 3.05) is 44.9 Å². The van der Waals surface area contributed by atoms with E-state index in [1.165, 1.54) is 0 Å². The van der Waals surface area contributed by atoms with Crippen molar-refractivity contribution in [2.45, 2.75) is 19.3 Å². The van der Waals surface area contributed by atoms with Crippen molar-refractivity contribution >= 4 is 26.7 Å². The third-order valence-electron chi connectivity index (χ3n) is 6.19. The van der Waals surface area contributed by atoms with Gasteiger partial charge in [0.05, 0.1) is 24.1 Å². The Balaban J connectivity index is 1.35. The number of fused-ring (bicyclic) bond motifs is 1. The molecule has 1 spiro atoms. The van der Waals surface area contributed by atoms with Crippen LogP contribution in [0.3, 0.4) is 0 Å². The predicted octanol–water partition coefficient (Wildman–Crippen LogP) is 2.15. The van der Waals surface area contributed by atoms with Gasteiger partial charge in [-0.25, -0.2) is 13.2 Å². The van der Waals surface area contributed by atoms with Crippen LogP contribution in [-0.4, -0.2) is 74.2 Å². The molecule has 2 aromatic rings. The summed E-state index contributed by atoms with van der Waals surface area (Å²) in [5.41, 5.74) is 0.787. The summed E-state index contributed by atoms with van der Waals surface area (Å²) in [6.07, 6.45) is 2.64. The van der Waals surface area contributed by atoms with Crippen molar-refractivity contribution in [3.8, 4) is 11.5 Å². The van der Waals surface area contributed by atoms with Crippen LogP contribution in [0.2, 0.25) is 0 Å². The van der Waals surface area contributed by atoms with Gasteiger partial charge in [0.15, 0.2) is 21.3 Å². The van der Waals surface area contributed by atoms with Crippen LogP contribution in [0, 0.1) is 5.41 Å². The van der Waals surface area contributed by atoms with Crippen LogP contribution in [0.15, 0.2) is 18.2 Å². The number of carbonyl (C=O) groups is 1. The number of H-pyrrole nitrogens is 1. The van der Waals surface area contributed by atoms with Gasteiger partial charge in [-0.3, -0.25) is 4.90 Å². The molecule has 1 aromatic carbocycles. The molecule has 2 fully saturated rings. The first-order valence-electron chi connectivity index (χ1n) is 9.79. The Morgan fingerprint density at radius 1 is 1.21 bits per heavy atom. The molecule has 3 heterocycles. The summed E-state index contributed by atoms with van der Waals surface area (Å²) in [6.45, 7) is 2.99. The van der Waals surface area contributed by atoms with Gasteiger partial charge in [-0.05, 0) is 49.9 Å². The smallest absolute Gasteiger partial charge is 0.352 e. The fraction of sp³-hybridized carbons (Fsp3) is 0.550. The molecule has 2 aliphatic rings. The van der Waals surface area contributed by atoms with Crippen LogP contribution in [0.5, 0.6) is 11.5 Å². The molecule has 0 amide bonds. The van der Waals surface area contributed by atoms with Gasteiger partial charge in [0.2, 0.25) is 0 Å². The van der Waals surface area contributed by atoms with Crippen molar-refractivity contribution in [3.63, 3.8) is 0 Å². The number of methoxy groups -OCH3 is 1. The first-order valence-corrected chi connectivity index (χ1v) is 11.6. The zero-order chi connectivity index (χ0) is 20.6. The Morgan fingerprint density at radius 3 is 2.59 bits per heavy atom. The minimum atomic E-state index is -2.85. The van der Waals surface area contributed by atoms with Crippen LogP contribution in [-0.2, 0) is 9.84 Å². The maximum Gasteiger partial charge on any atom is 0.352 e. The van der Waals surface area contributed by atoms with E-state index in [0.29, 0.717) is 35.1 Å². The molecule has 29 heavy (non-hydrogen) atoms. The second-order valence-electron chi connectivity index (χ2n) is 8.11. The SMILES string of the molecule is COc1cc2[nH]c(C(=O)O)cc2cc1OCCN1CCC2(CC1)CCS(=O)(=O)C2. The highest BCUT2D eigenvalue weighted by atomic mass is 32.2. The van der Waals surface area contributed by atoms with E-state index < -0.39 is 15.8 Å². The number of aromatic nitrogens is 1. The molecule has 2 saturated heterocycles. The predicted molar refractivity (Wildman–Crippen MR) is 109 cm³/mol. The van der Waals surface area contributed by atoms with Crippen LogP contribution in [0.4, 0.5) is 0 Å². The third-order valence-corrected chi connectivity index (χ3v) is 8.07. The molecule has 158 valence electrons. The minimum absolute atomic E-state index is 0.0133. The van der Waals surface area contributed by atoms with E-state index in [0.717, 1.165) is 44.3 Å². The van der Waals surface area contributed by atoms with E-state index in [1.54, 1.807) is 25.3 Å². The monoisotopic (exact) mass is 422 g/mol. The van der Waals surface area contributed by atoms with E-state index in [1.807, 2.05) is 0 Å². The lowest BCUT2D eigenvalue weighted by molar-refractivity contribution is 0.0691. The molecule has 0 radical (unpaired) electrons. The van der Waals surface area contributed by atoms with Crippen LogP contribution < -0.4 is 9.47 Å². The average Bonchev–Trinajstić information content (AvgIpc) is 3.23. The molecule has 9 heteroatoms. The molecule has 4 rings (SSSR count). The first kappa shape index (κ1) is 20.0. The zero-order valence-corrected chi connectivity index (χ0v) is 17.3. The number of carboxylic acids is 1. The number of hydrogen-bond acceptors (Lipinski definition) is 6. The van der Waals surface area contributed by atoms with E-state index in [4.69, 9.17) is 14.6 Å². The van der Waals surface area contributed by atoms with Gasteiger partial charge < -0.3 is 19.6 Å². The minimum Gasteiger partial charge on any atom is -0.493 e. The number of aromatic amines is 1. The highest BCUT2D eigenvalue weighted by Gasteiger charge is 2.43. The number of benzene rings is 1. The van der Waals surface area contributed by atoms with Crippen LogP contribution in [0.25, 0.3) is 10.9 Å². The molecule has 2 N–H and O–H groups in total. The number of carboxylic acid groups (broad SMARTS) is 1. The number of likely N-dealkylation sites (tertiary alicyclic amines) is 1. The normalized spacial score (nSPS) is 20.9. The summed E-state index contributed by atoms with van der Waals surface area (Å²) < 4.78 is 35.0. The molecule has 1 aromatic heterocycles. The van der Waals surface area contributed by atoms with E-state index in [9.17, 15) is 13.2 Å². The standard InChI is InChI=1S/C20H26N2O6S/c1-27-17-12-15-14(10-16(21-15)19(23)24)11-18(17)28-8-7-22-5-2-20(3-6-22)4-9-29(25,26)13-20/h10-12,21H,2-9,13H2,1H3,(H,23,24). The summed E-state index contributed by atoms with van der Waals surface area (Å²) >= 11 is 0. The molecule has 2 aliphatic heterocycles. The van der Waals surface area contributed by atoms with Crippen molar-refractivity contribution in [1.29, 1.82) is 0 Å². The van der Waals surface area contributed by atoms with Crippen molar-refractivity contribution in [2.24, 2.45) is 5.41 Å². The molecular weight excluding hydrogens is 396 g/mol. The molecule has 0 atom stereocenters. The van der Waals surface area contributed by atoms with Gasteiger partial charge in [-0.1, -0.05) is 0 Å². The number of nitrogens with zero attached hydrogens (tertiary/aromatic N) is 1. The number of rotatable bonds is 6. The number of piperidine rings is 1. The number of sulfone groups is 1. The Bertz CT molecular complexity index is 1020. The van der Waals surface area contributed by atoms with Crippen LogP contribution in [0.1, 0.15) is 29.8 Å². The van der Waals surface area contributed by atoms with Gasteiger partial charge >= 0.3 is 5.97 Å². The Hall–Kier alpha value is -2.26. The lowest BCUT2D eigenvalue weighted by Crippen LogP contribution is -2.42. The highest BCUT2D eigenvalue weighted by molar-refractivity contribution is 7.91. The van der Waals surface area contributed by atoms with E-state index in [2.05, 4.69) is 9.88 Å². The summed E-state index contributed by atoms with van der Waals surface area (Å²) in [5.74, 6) is 0.787. The van der Waals surface area contributed by atoms with Crippen LogP contribution >= 0.6 is 0 Å². The Labute approximate surface area is 169 Å². The average molecular weight is 423 g/mol. The lowest BCUT2D eigenvalue weighted by Gasteiger charge is -2.38. The topological polar surface area (TPSA) is 109 Å². The summed E-state index contributed by atoms with van der Waals surface area (Å²) in [4.78, 5) is 16.3. The van der Waals surface area contributed by atoms with Gasteiger partial charge in [-0.2, -0.15) is 0 Å². The number of nitrogens with one attached hydrogen (secondary N) is 1. The third kappa shape index (κ3) is 4.20. The maximum atomic E-state index is 11.8. The molecule has 0 saturated carbocycles. The van der Waals surface area contributed by atoms with Crippen molar-refractivity contribution in [1.82, 2.24) is 9.88 Å². The molecule has 0 unspecified atom stereocenters. The molecule has 8 nitrogen and oxygen atoms in total. The fourth-order valence-electron chi connectivity index (χ4n) is 4.44. The Kier molecular flexibility index (Phi) is 5.20. The first-order chi connectivity index (χ1) is 13.8.